The number of H-pyrrole nitrogens is 3. The fourth-order valence-corrected chi connectivity index (χ4v) is 11.7. The molecule has 48 nitrogen and oxygen atoms in total. The number of aromatic amines is 3. The minimum atomic E-state index is -1.95. The van der Waals surface area contributed by atoms with Gasteiger partial charge >= 0.3 is 5.97 Å². The first kappa shape index (κ1) is 99.3. The Morgan fingerprint density at radius 3 is 0.957 bits per heavy atom. The molecule has 35 N–H and O–H groups in total. The number of nitrogens with two attached hydrogens (primary N) is 6. The molecule has 50 heteroatoms. The fourth-order valence-electron chi connectivity index (χ4n) is 10.7. The van der Waals surface area contributed by atoms with Gasteiger partial charge < -0.3 is 154 Å². The molecule has 0 aliphatic heterocycles. The van der Waals surface area contributed by atoms with Gasteiger partial charge in [-0.25, -0.2) is 19.7 Å². The quantitative estimate of drug-likeness (QED) is 0.0142. The molecule has 0 radical (unpaired) electrons. The van der Waals surface area contributed by atoms with E-state index in [0.29, 0.717) is 11.4 Å². The lowest BCUT2D eigenvalue weighted by atomic mass is 10.0. The van der Waals surface area contributed by atoms with Crippen molar-refractivity contribution in [1.82, 2.24) is 99.0 Å². The molecular weight excluding hydrogens is 1570 g/mol. The number of hydrogen-bond acceptors (Lipinski definition) is 29. The summed E-state index contributed by atoms with van der Waals surface area (Å²) in [6.45, 7) is -2.09. The van der Waals surface area contributed by atoms with Crippen molar-refractivity contribution in [1.29, 1.82) is 0 Å². The van der Waals surface area contributed by atoms with Crippen molar-refractivity contribution in [3.05, 3.63) is 54.7 Å². The van der Waals surface area contributed by atoms with Crippen LogP contribution < -0.4 is 104 Å². The molecule has 3 aromatic heterocycles. The first-order chi connectivity index (χ1) is 55.1. The summed E-state index contributed by atoms with van der Waals surface area (Å²) < 4.78 is 0. The number of hydrogen-bond donors (Lipinski definition) is 29. The van der Waals surface area contributed by atoms with Gasteiger partial charge in [-0.3, -0.25) is 72.3 Å². The molecule has 13 amide bonds. The number of aliphatic hydroxyl groups excluding tert-OH is 6. The molecule has 0 aliphatic carbocycles. The number of amides is 13. The van der Waals surface area contributed by atoms with Gasteiger partial charge in [0.2, 0.25) is 76.8 Å². The van der Waals surface area contributed by atoms with Gasteiger partial charge in [0.05, 0.1) is 57.6 Å². The summed E-state index contributed by atoms with van der Waals surface area (Å²) in [6, 6.07) is -23.4. The Balaban J connectivity index is 1.91. The number of imidazole rings is 3. The highest BCUT2D eigenvalue weighted by atomic mass is 32.2. The van der Waals surface area contributed by atoms with Crippen LogP contribution in [0.3, 0.4) is 0 Å². The third kappa shape index (κ3) is 35.9. The van der Waals surface area contributed by atoms with E-state index in [9.17, 15) is 103 Å². The normalized spacial score (nSPS) is 15.3. The van der Waals surface area contributed by atoms with Gasteiger partial charge in [0.1, 0.15) is 84.6 Å². The Kier molecular flexibility index (Phi) is 45.6. The van der Waals surface area contributed by atoms with Crippen LogP contribution >= 0.6 is 23.5 Å². The number of carboxylic acid groups (broad SMARTS) is 1. The second-order valence-corrected chi connectivity index (χ2v) is 28.4. The molecule has 0 saturated carbocycles. The standard InChI is InChI=1S/C66H111N27O21S2/c1-32(98)49(92-51(100)37(68)25-94)62(111)85-42(13-18-116-4)54(103)83-41(12-17-115-3)55(104)91-46(26-95)59(108)82-39(10-7-15-76-65(69)70)52(101)89-47(27-96)60(109)86-43(19-34-22-73-29-78-34)57(106)81-38(9-5-6-14-67)56(105)93-50(33(2)99)63(112)84-40(11-8-16-77-66(71)72)53(102)90-48(28-97)61(110)87-44(20-35-23-74-30-79-35)58(107)88-45(64(113)114)21-36-24-75-31-80-36/h22-24,29-33,37-50,94-99H,5-21,25-28,67-68H2,1-4H3,(H,73,78)(H,74,79)(H,75,80)(H,81,106)(H,82,108)(H,83,103)(H,84,112)(H,85,111)(H,86,109)(H,87,110)(H,88,107)(H,89,101)(H,90,102)(H,91,104)(H,92,100)(H,93,105)(H,113,114)(H4,69,70,76)(H4,71,72,77)/t32-,33-,37+,38+,39+,40+,41+,42+,43+,44+,45+,46+,47+,48+,49+,50+/m1/s1. The summed E-state index contributed by atoms with van der Waals surface area (Å²) in [4.78, 5) is 222. The van der Waals surface area contributed by atoms with Crippen LogP contribution in [0.15, 0.2) is 47.6 Å². The van der Waals surface area contributed by atoms with Crippen LogP contribution in [0.5, 0.6) is 0 Å². The number of nitrogens with one attached hydrogen (secondary N) is 16. The molecule has 116 heavy (non-hydrogen) atoms. The summed E-state index contributed by atoms with van der Waals surface area (Å²) in [6.07, 6.45) is 6.16. The summed E-state index contributed by atoms with van der Waals surface area (Å²) in [7, 11) is 0. The lowest BCUT2D eigenvalue weighted by Gasteiger charge is -2.29. The highest BCUT2D eigenvalue weighted by Gasteiger charge is 2.39. The number of rotatable bonds is 57. The number of thioether (sulfide) groups is 2. The molecule has 3 rings (SSSR count). The van der Waals surface area contributed by atoms with Gasteiger partial charge in [-0.1, -0.05) is 0 Å². The third-order valence-electron chi connectivity index (χ3n) is 17.1. The average Bonchev–Trinajstić information content (AvgIpc) is 1.77. The maximum atomic E-state index is 14.6. The largest absolute Gasteiger partial charge is 0.480 e. The van der Waals surface area contributed by atoms with Crippen molar-refractivity contribution in [3.63, 3.8) is 0 Å². The number of aliphatic imine (C=N–C) groups is 2. The zero-order chi connectivity index (χ0) is 86.6. The number of nitrogens with zero attached hydrogens (tertiary/aromatic N) is 5. The number of carbonyl (C=O) groups excluding carboxylic acids is 13. The Morgan fingerprint density at radius 2 is 0.664 bits per heavy atom. The van der Waals surface area contributed by atoms with Crippen LogP contribution in [0.4, 0.5) is 0 Å². The molecule has 3 heterocycles. The number of aliphatic carboxylic acids is 1. The number of aliphatic hydroxyl groups is 6. The zero-order valence-electron chi connectivity index (χ0n) is 64.4. The van der Waals surface area contributed by atoms with Crippen molar-refractivity contribution in [2.45, 2.75) is 188 Å². The van der Waals surface area contributed by atoms with Gasteiger partial charge in [0, 0.05) is 68.0 Å². The number of carbonyl (C=O) groups is 14. The maximum absolute atomic E-state index is 14.6. The smallest absolute Gasteiger partial charge is 0.326 e. The summed E-state index contributed by atoms with van der Waals surface area (Å²) in [5.41, 5.74) is 34.3. The van der Waals surface area contributed by atoms with E-state index in [2.05, 4.69) is 109 Å². The zero-order valence-corrected chi connectivity index (χ0v) is 66.0. The van der Waals surface area contributed by atoms with Crippen LogP contribution in [0, 0.1) is 0 Å². The van der Waals surface area contributed by atoms with Crippen molar-refractivity contribution in [2.24, 2.45) is 44.4 Å². The number of guanidine groups is 2. The summed E-state index contributed by atoms with van der Waals surface area (Å²) in [5, 5.41) is 104. The lowest BCUT2D eigenvalue weighted by molar-refractivity contribution is -0.142. The van der Waals surface area contributed by atoms with E-state index in [4.69, 9.17) is 34.4 Å². The van der Waals surface area contributed by atoms with Crippen LogP contribution in [0.25, 0.3) is 0 Å². The average molecular weight is 1680 g/mol. The van der Waals surface area contributed by atoms with Gasteiger partial charge in [-0.05, 0) is 102 Å². The molecule has 0 aliphatic rings. The molecular formula is C66H111N27O21S2. The van der Waals surface area contributed by atoms with Gasteiger partial charge in [0.15, 0.2) is 11.9 Å². The monoisotopic (exact) mass is 1680 g/mol. The van der Waals surface area contributed by atoms with Crippen LogP contribution in [0.2, 0.25) is 0 Å². The Hall–Kier alpha value is -10.9. The number of unbranched alkanes of at least 4 members (excludes halogenated alkanes) is 1. The lowest BCUT2D eigenvalue weighted by Crippen LogP contribution is -2.62. The van der Waals surface area contributed by atoms with Crippen LogP contribution in [-0.4, -0.2) is 327 Å². The molecule has 648 valence electrons. The fraction of sp³-hybridized carbons (Fsp3) is 0.621. The third-order valence-corrected chi connectivity index (χ3v) is 18.4. The van der Waals surface area contributed by atoms with Crippen molar-refractivity contribution < 1.29 is 103 Å². The number of aromatic nitrogens is 6. The predicted molar refractivity (Wildman–Crippen MR) is 418 cm³/mol. The van der Waals surface area contributed by atoms with Crippen molar-refractivity contribution in [2.75, 3.05) is 70.1 Å². The van der Waals surface area contributed by atoms with E-state index in [1.165, 1.54) is 68.0 Å². The topological polar surface area (TPSA) is 804 Å². The van der Waals surface area contributed by atoms with Crippen LogP contribution in [-0.2, 0) is 86.4 Å². The molecule has 0 bridgehead atoms. The Bertz CT molecular complexity index is 3670. The molecule has 0 unspecified atom stereocenters. The van der Waals surface area contributed by atoms with E-state index >= 15 is 0 Å². The molecule has 0 fully saturated rings. The second kappa shape index (κ2) is 53.3. The molecule has 0 aromatic carbocycles. The van der Waals surface area contributed by atoms with Crippen molar-refractivity contribution in [3.8, 4) is 0 Å². The van der Waals surface area contributed by atoms with E-state index in [-0.39, 0.29) is 119 Å². The SMILES string of the molecule is CSCC[C@H](NC(=O)[C@H](CCSC)NC(=O)[C@@H](NC(=O)[C@@H](N)CO)[C@@H](C)O)C(=O)N[C@@H](CO)C(=O)N[C@@H](CCCN=C(N)N)C(=O)N[C@@H](CO)C(=O)N[C@@H](Cc1cnc[nH]1)C(=O)N[C@@H](CCCCN)C(=O)N[C@H](C(=O)N[C@@H](CCCN=C(N)N)C(=O)N[C@@H](CO)C(=O)N[C@@H](Cc1cnc[nH]1)C(=O)N[C@@H](Cc1cnc[nH]1)C(=O)O)[C@@H](C)O. The summed E-state index contributed by atoms with van der Waals surface area (Å²) >= 11 is 2.55. The van der Waals surface area contributed by atoms with Gasteiger partial charge in [-0.2, -0.15) is 23.5 Å². The van der Waals surface area contributed by atoms with Gasteiger partial charge in [0.25, 0.3) is 0 Å². The predicted octanol–water partition coefficient (Wildman–Crippen LogP) is -12.9. The van der Waals surface area contributed by atoms with E-state index < -0.39 is 212 Å². The van der Waals surface area contributed by atoms with E-state index in [0.717, 1.165) is 6.92 Å². The minimum absolute atomic E-state index is 0.0381. The van der Waals surface area contributed by atoms with E-state index in [1.54, 1.807) is 12.5 Å². The molecule has 0 saturated heterocycles. The molecule has 3 aromatic rings. The number of carboxylic acids is 1. The van der Waals surface area contributed by atoms with Crippen LogP contribution in [0.1, 0.15) is 88.7 Å². The first-order valence-corrected chi connectivity index (χ1v) is 39.4. The molecule has 16 atom stereocenters. The van der Waals surface area contributed by atoms with Gasteiger partial charge in [-0.15, -0.1) is 0 Å². The second-order valence-electron chi connectivity index (χ2n) is 26.4. The minimum Gasteiger partial charge on any atom is -0.480 e. The van der Waals surface area contributed by atoms with E-state index in [1.807, 2.05) is 0 Å². The van der Waals surface area contributed by atoms with Crippen molar-refractivity contribution >= 4 is 118 Å². The highest BCUT2D eigenvalue weighted by Crippen LogP contribution is 2.13. The Labute approximate surface area is 674 Å². The summed E-state index contributed by atoms with van der Waals surface area (Å²) in [5.74, 6) is -15.9. The molecule has 0 spiro atoms. The first-order valence-electron chi connectivity index (χ1n) is 36.6. The highest BCUT2D eigenvalue weighted by molar-refractivity contribution is 7.98. The maximum Gasteiger partial charge on any atom is 0.326 e. The Morgan fingerprint density at radius 1 is 0.388 bits per heavy atom.